The molecule has 0 radical (unpaired) electrons. The Hall–Kier alpha value is -1.62. The quantitative estimate of drug-likeness (QED) is 0.892. The van der Waals surface area contributed by atoms with Crippen molar-refractivity contribution >= 4 is 29.1 Å². The van der Waals surface area contributed by atoms with E-state index in [1.54, 1.807) is 4.90 Å². The topological polar surface area (TPSA) is 49.4 Å². The van der Waals surface area contributed by atoms with Crippen molar-refractivity contribution in [3.63, 3.8) is 0 Å². The molecule has 1 N–H and O–H groups in total. The zero-order chi connectivity index (χ0) is 17.2. The SMILES string of the molecule is CC(C)(C)C(=O)N1CCCC(C(=O)Nc2ccc(F)c(Cl)c2)C1. The van der Waals surface area contributed by atoms with E-state index in [1.807, 2.05) is 20.8 Å². The summed E-state index contributed by atoms with van der Waals surface area (Å²) in [7, 11) is 0. The second-order valence-electron chi connectivity index (χ2n) is 6.96. The normalized spacial score (nSPS) is 18.7. The number of nitrogens with one attached hydrogen (secondary N) is 1. The molecule has 126 valence electrons. The summed E-state index contributed by atoms with van der Waals surface area (Å²) in [5, 5.41) is 2.72. The van der Waals surface area contributed by atoms with Crippen molar-refractivity contribution in [2.24, 2.45) is 11.3 Å². The summed E-state index contributed by atoms with van der Waals surface area (Å²) in [6.45, 7) is 6.72. The van der Waals surface area contributed by atoms with Crippen LogP contribution in [0.3, 0.4) is 0 Å². The van der Waals surface area contributed by atoms with E-state index in [4.69, 9.17) is 11.6 Å². The predicted octanol–water partition coefficient (Wildman–Crippen LogP) is 3.70. The van der Waals surface area contributed by atoms with Gasteiger partial charge in [0.2, 0.25) is 11.8 Å². The van der Waals surface area contributed by atoms with Gasteiger partial charge >= 0.3 is 0 Å². The van der Waals surface area contributed by atoms with Gasteiger partial charge in [0.05, 0.1) is 10.9 Å². The molecule has 1 aromatic carbocycles. The molecule has 4 nitrogen and oxygen atoms in total. The van der Waals surface area contributed by atoms with E-state index in [0.29, 0.717) is 18.8 Å². The van der Waals surface area contributed by atoms with Crippen LogP contribution in [0.2, 0.25) is 5.02 Å². The Morgan fingerprint density at radius 3 is 2.65 bits per heavy atom. The van der Waals surface area contributed by atoms with Crippen molar-refractivity contribution < 1.29 is 14.0 Å². The zero-order valence-corrected chi connectivity index (χ0v) is 14.4. The van der Waals surface area contributed by atoms with Crippen LogP contribution in [0, 0.1) is 17.2 Å². The molecular formula is C17H22ClFN2O2. The number of halogens is 2. The number of carbonyl (C=O) groups excluding carboxylic acids is 2. The Morgan fingerprint density at radius 1 is 1.35 bits per heavy atom. The molecule has 23 heavy (non-hydrogen) atoms. The summed E-state index contributed by atoms with van der Waals surface area (Å²) >= 11 is 5.72. The molecule has 0 bridgehead atoms. The fourth-order valence-electron chi connectivity index (χ4n) is 2.67. The van der Waals surface area contributed by atoms with Crippen LogP contribution >= 0.6 is 11.6 Å². The number of piperidine rings is 1. The Morgan fingerprint density at radius 2 is 2.04 bits per heavy atom. The van der Waals surface area contributed by atoms with Crippen LogP contribution in [0.1, 0.15) is 33.6 Å². The molecule has 1 aliphatic heterocycles. The van der Waals surface area contributed by atoms with Gasteiger partial charge in [-0.1, -0.05) is 32.4 Å². The van der Waals surface area contributed by atoms with E-state index in [2.05, 4.69) is 5.32 Å². The standard InChI is InChI=1S/C17H22ClFN2O2/c1-17(2,3)16(23)21-8-4-5-11(10-21)15(22)20-12-6-7-14(19)13(18)9-12/h6-7,9,11H,4-5,8,10H2,1-3H3,(H,20,22). The highest BCUT2D eigenvalue weighted by Crippen LogP contribution is 2.25. The van der Waals surface area contributed by atoms with Crippen LogP contribution in [-0.2, 0) is 9.59 Å². The Kier molecular flexibility index (Phi) is 5.30. The molecule has 1 saturated heterocycles. The van der Waals surface area contributed by atoms with Crippen LogP contribution in [0.5, 0.6) is 0 Å². The van der Waals surface area contributed by atoms with Crippen LogP contribution in [0.15, 0.2) is 18.2 Å². The Bertz CT molecular complexity index is 613. The van der Waals surface area contributed by atoms with E-state index in [0.717, 1.165) is 12.8 Å². The van der Waals surface area contributed by atoms with E-state index in [1.165, 1.54) is 18.2 Å². The first kappa shape index (κ1) is 17.7. The summed E-state index contributed by atoms with van der Waals surface area (Å²) in [6, 6.07) is 4.07. The molecule has 1 aliphatic rings. The van der Waals surface area contributed by atoms with Gasteiger partial charge < -0.3 is 10.2 Å². The fourth-order valence-corrected chi connectivity index (χ4v) is 2.85. The average molecular weight is 341 g/mol. The van der Waals surface area contributed by atoms with Crippen molar-refractivity contribution in [3.05, 3.63) is 29.0 Å². The monoisotopic (exact) mass is 340 g/mol. The number of benzene rings is 1. The number of carbonyl (C=O) groups is 2. The van der Waals surface area contributed by atoms with Crippen LogP contribution in [0.25, 0.3) is 0 Å². The van der Waals surface area contributed by atoms with Crippen molar-refractivity contribution in [3.8, 4) is 0 Å². The summed E-state index contributed by atoms with van der Waals surface area (Å²) < 4.78 is 13.2. The maximum Gasteiger partial charge on any atom is 0.229 e. The lowest BCUT2D eigenvalue weighted by molar-refractivity contribution is -0.142. The first-order chi connectivity index (χ1) is 10.7. The summed E-state index contributed by atoms with van der Waals surface area (Å²) in [5.41, 5.74) is 0.00345. The van der Waals surface area contributed by atoms with Gasteiger partial charge in [-0.05, 0) is 31.0 Å². The molecule has 0 aliphatic carbocycles. The maximum absolute atomic E-state index is 13.2. The largest absolute Gasteiger partial charge is 0.341 e. The third-order valence-corrected chi connectivity index (χ3v) is 4.20. The molecule has 6 heteroatoms. The first-order valence-corrected chi connectivity index (χ1v) is 8.11. The van der Waals surface area contributed by atoms with Crippen molar-refractivity contribution in [2.75, 3.05) is 18.4 Å². The second kappa shape index (κ2) is 6.87. The highest BCUT2D eigenvalue weighted by molar-refractivity contribution is 6.31. The number of likely N-dealkylation sites (tertiary alicyclic amines) is 1. The lowest BCUT2D eigenvalue weighted by Crippen LogP contribution is -2.47. The van der Waals surface area contributed by atoms with Crippen molar-refractivity contribution in [1.82, 2.24) is 4.90 Å². The molecule has 0 spiro atoms. The van der Waals surface area contributed by atoms with Gasteiger partial charge in [0.15, 0.2) is 0 Å². The number of anilines is 1. The van der Waals surface area contributed by atoms with E-state index in [-0.39, 0.29) is 22.8 Å². The van der Waals surface area contributed by atoms with E-state index >= 15 is 0 Å². The zero-order valence-electron chi connectivity index (χ0n) is 13.7. The van der Waals surface area contributed by atoms with Gasteiger partial charge in [-0.15, -0.1) is 0 Å². The van der Waals surface area contributed by atoms with Gasteiger partial charge in [0.1, 0.15) is 5.82 Å². The van der Waals surface area contributed by atoms with Crippen molar-refractivity contribution in [1.29, 1.82) is 0 Å². The third-order valence-electron chi connectivity index (χ3n) is 3.91. The van der Waals surface area contributed by atoms with Crippen LogP contribution in [0.4, 0.5) is 10.1 Å². The van der Waals surface area contributed by atoms with Gasteiger partial charge in [-0.25, -0.2) is 4.39 Å². The highest BCUT2D eigenvalue weighted by Gasteiger charge is 2.33. The molecule has 2 rings (SSSR count). The summed E-state index contributed by atoms with van der Waals surface area (Å²) in [4.78, 5) is 26.5. The van der Waals surface area contributed by atoms with Crippen molar-refractivity contribution in [2.45, 2.75) is 33.6 Å². The molecule has 0 saturated carbocycles. The van der Waals surface area contributed by atoms with Gasteiger partial charge in [-0.3, -0.25) is 9.59 Å². The molecule has 1 unspecified atom stereocenters. The van der Waals surface area contributed by atoms with E-state index in [9.17, 15) is 14.0 Å². The first-order valence-electron chi connectivity index (χ1n) is 7.74. The molecule has 1 fully saturated rings. The van der Waals surface area contributed by atoms with E-state index < -0.39 is 11.2 Å². The Labute approximate surface area is 141 Å². The summed E-state index contributed by atoms with van der Waals surface area (Å²) in [6.07, 6.45) is 1.53. The fraction of sp³-hybridized carbons (Fsp3) is 0.529. The minimum Gasteiger partial charge on any atom is -0.341 e. The number of hydrogen-bond donors (Lipinski definition) is 1. The minimum absolute atomic E-state index is 0.0315. The maximum atomic E-state index is 13.2. The lowest BCUT2D eigenvalue weighted by Gasteiger charge is -2.35. The van der Waals surface area contributed by atoms with Gasteiger partial charge in [0, 0.05) is 24.2 Å². The van der Waals surface area contributed by atoms with Gasteiger partial charge in [0.25, 0.3) is 0 Å². The summed E-state index contributed by atoms with van der Waals surface area (Å²) in [5.74, 6) is -0.901. The number of amides is 2. The number of rotatable bonds is 2. The smallest absolute Gasteiger partial charge is 0.229 e. The molecule has 0 aromatic heterocycles. The molecular weight excluding hydrogens is 319 g/mol. The predicted molar refractivity (Wildman–Crippen MR) is 88.8 cm³/mol. The minimum atomic E-state index is -0.524. The average Bonchev–Trinajstić information content (AvgIpc) is 2.49. The Balaban J connectivity index is 2.02. The second-order valence-corrected chi connectivity index (χ2v) is 7.37. The molecule has 1 aromatic rings. The van der Waals surface area contributed by atoms with Crippen LogP contribution in [-0.4, -0.2) is 29.8 Å². The lowest BCUT2D eigenvalue weighted by atomic mass is 9.91. The van der Waals surface area contributed by atoms with Crippen LogP contribution < -0.4 is 5.32 Å². The van der Waals surface area contributed by atoms with Gasteiger partial charge in [-0.2, -0.15) is 0 Å². The number of hydrogen-bond acceptors (Lipinski definition) is 2. The number of nitrogens with zero attached hydrogens (tertiary/aromatic N) is 1. The molecule has 1 atom stereocenters. The molecule has 2 amide bonds. The molecule has 1 heterocycles. The highest BCUT2D eigenvalue weighted by atomic mass is 35.5. The third kappa shape index (κ3) is 4.44.